The molecular weight excluding hydrogens is 400 g/mol. The van der Waals surface area contributed by atoms with Gasteiger partial charge in [0.1, 0.15) is 5.75 Å². The first-order chi connectivity index (χ1) is 13.3. The number of nitrogens with zero attached hydrogens (tertiary/aromatic N) is 2. The first kappa shape index (κ1) is 20.6. The molecule has 0 spiro atoms. The third-order valence-electron chi connectivity index (χ3n) is 4.97. The standard InChI is InChI=1S/C20H23ClN2O4S/c1-22(16-8-4-3-5-9-16)20(24)15-7-6-12-23(14-15)28(25,26)17-10-11-19(27-2)18(21)13-17/h3-5,8-11,13,15H,6-7,12,14H2,1-2H3. The molecule has 1 atom stereocenters. The molecule has 3 rings (SSSR count). The Balaban J connectivity index is 1.78. The SMILES string of the molecule is COc1ccc(S(=O)(=O)N2CCCC(C(=O)N(C)c3ccccc3)C2)cc1Cl. The zero-order chi connectivity index (χ0) is 20.3. The van der Waals surface area contributed by atoms with Crippen molar-refractivity contribution in [2.45, 2.75) is 17.7 Å². The lowest BCUT2D eigenvalue weighted by Gasteiger charge is -2.33. The summed E-state index contributed by atoms with van der Waals surface area (Å²) >= 11 is 6.09. The molecule has 2 aromatic rings. The fraction of sp³-hybridized carbons (Fsp3) is 0.350. The molecule has 150 valence electrons. The number of piperidine rings is 1. The van der Waals surface area contributed by atoms with Crippen LogP contribution in [0.4, 0.5) is 5.69 Å². The van der Waals surface area contributed by atoms with Crippen LogP contribution in [0.2, 0.25) is 5.02 Å². The van der Waals surface area contributed by atoms with Gasteiger partial charge in [-0.1, -0.05) is 29.8 Å². The number of sulfonamides is 1. The van der Waals surface area contributed by atoms with E-state index in [-0.39, 0.29) is 28.3 Å². The van der Waals surface area contributed by atoms with Crippen LogP contribution >= 0.6 is 11.6 Å². The summed E-state index contributed by atoms with van der Waals surface area (Å²) in [5.74, 6) is -0.0573. The Kier molecular flexibility index (Phi) is 6.27. The smallest absolute Gasteiger partial charge is 0.243 e. The average molecular weight is 423 g/mol. The Morgan fingerprint density at radius 3 is 2.57 bits per heavy atom. The molecular formula is C20H23ClN2O4S. The summed E-state index contributed by atoms with van der Waals surface area (Å²) in [6.07, 6.45) is 1.29. The highest BCUT2D eigenvalue weighted by atomic mass is 35.5. The lowest BCUT2D eigenvalue weighted by molar-refractivity contribution is -0.123. The van der Waals surface area contributed by atoms with Gasteiger partial charge in [-0.05, 0) is 43.2 Å². The van der Waals surface area contributed by atoms with Gasteiger partial charge in [0, 0.05) is 25.8 Å². The van der Waals surface area contributed by atoms with E-state index >= 15 is 0 Å². The summed E-state index contributed by atoms with van der Waals surface area (Å²) in [6, 6.07) is 13.7. The number of halogens is 1. The van der Waals surface area contributed by atoms with E-state index in [0.717, 1.165) is 5.69 Å². The van der Waals surface area contributed by atoms with Crippen LogP contribution in [-0.2, 0) is 14.8 Å². The summed E-state index contributed by atoms with van der Waals surface area (Å²) in [7, 11) is -0.555. The first-order valence-corrected chi connectivity index (χ1v) is 10.8. The van der Waals surface area contributed by atoms with Gasteiger partial charge in [0.05, 0.1) is 22.9 Å². The third-order valence-corrected chi connectivity index (χ3v) is 7.12. The summed E-state index contributed by atoms with van der Waals surface area (Å²) in [5.41, 5.74) is 0.786. The van der Waals surface area contributed by atoms with Gasteiger partial charge in [-0.25, -0.2) is 8.42 Å². The topological polar surface area (TPSA) is 66.9 Å². The molecule has 1 unspecified atom stereocenters. The predicted octanol–water partition coefficient (Wildman–Crippen LogP) is 3.41. The van der Waals surface area contributed by atoms with Gasteiger partial charge >= 0.3 is 0 Å². The first-order valence-electron chi connectivity index (χ1n) is 9.01. The average Bonchev–Trinajstić information content (AvgIpc) is 2.73. The number of hydrogen-bond acceptors (Lipinski definition) is 4. The Bertz CT molecular complexity index is 950. The van der Waals surface area contributed by atoms with E-state index in [1.807, 2.05) is 30.3 Å². The third kappa shape index (κ3) is 4.16. The van der Waals surface area contributed by atoms with E-state index < -0.39 is 10.0 Å². The van der Waals surface area contributed by atoms with E-state index in [1.54, 1.807) is 11.9 Å². The molecule has 1 fully saturated rings. The molecule has 28 heavy (non-hydrogen) atoms. The summed E-state index contributed by atoms with van der Waals surface area (Å²) in [6.45, 7) is 0.535. The maximum absolute atomic E-state index is 13.0. The van der Waals surface area contributed by atoms with E-state index in [2.05, 4.69) is 0 Å². The number of benzene rings is 2. The minimum Gasteiger partial charge on any atom is -0.495 e. The molecule has 0 radical (unpaired) electrons. The van der Waals surface area contributed by atoms with Gasteiger partial charge in [-0.3, -0.25) is 4.79 Å². The van der Waals surface area contributed by atoms with Crippen LogP contribution < -0.4 is 9.64 Å². The fourth-order valence-electron chi connectivity index (χ4n) is 3.37. The highest BCUT2D eigenvalue weighted by Gasteiger charge is 2.35. The number of carbonyl (C=O) groups excluding carboxylic acids is 1. The second kappa shape index (κ2) is 8.51. The van der Waals surface area contributed by atoms with Crippen molar-refractivity contribution in [2.24, 2.45) is 5.92 Å². The second-order valence-corrected chi connectivity index (χ2v) is 9.08. The number of ether oxygens (including phenoxy) is 1. The minimum atomic E-state index is -3.74. The highest BCUT2D eigenvalue weighted by Crippen LogP contribution is 2.30. The van der Waals surface area contributed by atoms with Crippen molar-refractivity contribution in [1.82, 2.24) is 4.31 Å². The normalized spacial score (nSPS) is 17.9. The van der Waals surface area contributed by atoms with Gasteiger partial charge in [0.25, 0.3) is 0 Å². The Labute approximate surface area is 170 Å². The van der Waals surface area contributed by atoms with E-state index in [0.29, 0.717) is 25.1 Å². The number of rotatable bonds is 5. The van der Waals surface area contributed by atoms with E-state index in [9.17, 15) is 13.2 Å². The molecule has 1 heterocycles. The van der Waals surface area contributed by atoms with Crippen LogP contribution in [0.15, 0.2) is 53.4 Å². The van der Waals surface area contributed by atoms with E-state index in [1.165, 1.54) is 29.6 Å². The number of hydrogen-bond donors (Lipinski definition) is 0. The molecule has 6 nitrogen and oxygen atoms in total. The Morgan fingerprint density at radius 1 is 1.21 bits per heavy atom. The molecule has 1 amide bonds. The molecule has 0 aliphatic carbocycles. The van der Waals surface area contributed by atoms with Gasteiger partial charge < -0.3 is 9.64 Å². The van der Waals surface area contributed by atoms with Crippen LogP contribution in [0, 0.1) is 5.92 Å². The van der Waals surface area contributed by atoms with Crippen molar-refractivity contribution < 1.29 is 17.9 Å². The van der Waals surface area contributed by atoms with Crippen molar-refractivity contribution in [3.8, 4) is 5.75 Å². The molecule has 8 heteroatoms. The van der Waals surface area contributed by atoms with Crippen molar-refractivity contribution in [3.63, 3.8) is 0 Å². The van der Waals surface area contributed by atoms with Crippen molar-refractivity contribution in [3.05, 3.63) is 53.6 Å². The van der Waals surface area contributed by atoms with Crippen LogP contribution in [-0.4, -0.2) is 45.9 Å². The van der Waals surface area contributed by atoms with Crippen molar-refractivity contribution >= 4 is 33.2 Å². The summed E-state index contributed by atoms with van der Waals surface area (Å²) in [4.78, 5) is 14.6. The summed E-state index contributed by atoms with van der Waals surface area (Å²) < 4.78 is 32.6. The van der Waals surface area contributed by atoms with Crippen LogP contribution in [0.1, 0.15) is 12.8 Å². The molecule has 0 N–H and O–H groups in total. The maximum atomic E-state index is 13.0. The lowest BCUT2D eigenvalue weighted by atomic mass is 9.98. The van der Waals surface area contributed by atoms with Crippen LogP contribution in [0.3, 0.4) is 0 Å². The monoisotopic (exact) mass is 422 g/mol. The molecule has 0 saturated carbocycles. The molecule has 0 aromatic heterocycles. The number of para-hydroxylation sites is 1. The molecule has 1 aliphatic rings. The minimum absolute atomic E-state index is 0.0844. The highest BCUT2D eigenvalue weighted by molar-refractivity contribution is 7.89. The zero-order valence-corrected chi connectivity index (χ0v) is 17.4. The Morgan fingerprint density at radius 2 is 1.93 bits per heavy atom. The number of anilines is 1. The second-order valence-electron chi connectivity index (χ2n) is 6.73. The quantitative estimate of drug-likeness (QED) is 0.740. The van der Waals surface area contributed by atoms with E-state index in [4.69, 9.17) is 16.3 Å². The predicted molar refractivity (Wildman–Crippen MR) is 109 cm³/mol. The zero-order valence-electron chi connectivity index (χ0n) is 15.8. The Hall–Kier alpha value is -2.09. The van der Waals surface area contributed by atoms with Crippen LogP contribution in [0.25, 0.3) is 0 Å². The number of carbonyl (C=O) groups is 1. The van der Waals surface area contributed by atoms with Gasteiger partial charge in [0.15, 0.2) is 0 Å². The largest absolute Gasteiger partial charge is 0.495 e. The molecule has 1 saturated heterocycles. The lowest BCUT2D eigenvalue weighted by Crippen LogP contribution is -2.45. The molecule has 0 bridgehead atoms. The van der Waals surface area contributed by atoms with Gasteiger partial charge in [0.2, 0.25) is 15.9 Å². The van der Waals surface area contributed by atoms with Gasteiger partial charge in [-0.2, -0.15) is 4.31 Å². The fourth-order valence-corrected chi connectivity index (χ4v) is 5.24. The summed E-state index contributed by atoms with van der Waals surface area (Å²) in [5, 5.41) is 0.233. The van der Waals surface area contributed by atoms with Crippen LogP contribution in [0.5, 0.6) is 5.75 Å². The van der Waals surface area contributed by atoms with Crippen molar-refractivity contribution in [1.29, 1.82) is 0 Å². The molecule has 1 aliphatic heterocycles. The number of amides is 1. The number of methoxy groups -OCH3 is 1. The van der Waals surface area contributed by atoms with Crippen molar-refractivity contribution in [2.75, 3.05) is 32.1 Å². The maximum Gasteiger partial charge on any atom is 0.243 e. The van der Waals surface area contributed by atoms with Gasteiger partial charge in [-0.15, -0.1) is 0 Å². The molecule has 2 aromatic carbocycles.